The largest absolute Gasteiger partial charge is 0.461 e. The Kier molecular flexibility index (Phi) is 6.09. The Balaban J connectivity index is 1.54. The smallest absolute Gasteiger partial charge is 0.231 e. The molecule has 1 aliphatic heterocycles. The van der Waals surface area contributed by atoms with E-state index in [0.717, 1.165) is 16.2 Å². The molecule has 36 heavy (non-hydrogen) atoms. The SMILES string of the molecule is Cc1ccc(-c2cc3c(cc2Sc2nc4c(N)ncnc4n2CCNS(=O)(=O)C(C)(C)C)OCO3)o1. The van der Waals surface area contributed by atoms with E-state index >= 15 is 0 Å². The molecule has 11 nitrogen and oxygen atoms in total. The quantitative estimate of drug-likeness (QED) is 0.363. The van der Waals surface area contributed by atoms with Crippen molar-refractivity contribution in [3.05, 3.63) is 36.4 Å². The van der Waals surface area contributed by atoms with E-state index < -0.39 is 14.8 Å². The summed E-state index contributed by atoms with van der Waals surface area (Å²) in [6.07, 6.45) is 1.36. The van der Waals surface area contributed by atoms with Gasteiger partial charge in [-0.15, -0.1) is 0 Å². The van der Waals surface area contributed by atoms with E-state index in [4.69, 9.17) is 24.6 Å². The van der Waals surface area contributed by atoms with Crippen LogP contribution < -0.4 is 19.9 Å². The molecule has 190 valence electrons. The molecule has 0 unspecified atom stereocenters. The number of nitrogens with two attached hydrogens (primary N) is 1. The van der Waals surface area contributed by atoms with Crippen molar-refractivity contribution in [1.82, 2.24) is 24.2 Å². The third-order valence-electron chi connectivity index (χ3n) is 5.64. The number of aryl methyl sites for hydroxylation is 1. The highest BCUT2D eigenvalue weighted by atomic mass is 32.2. The van der Waals surface area contributed by atoms with Crippen molar-refractivity contribution in [1.29, 1.82) is 0 Å². The number of rotatable bonds is 7. The summed E-state index contributed by atoms with van der Waals surface area (Å²) in [5.41, 5.74) is 7.84. The molecule has 4 heterocycles. The number of aromatic nitrogens is 4. The van der Waals surface area contributed by atoms with Crippen LogP contribution in [-0.4, -0.2) is 46.0 Å². The zero-order valence-corrected chi connectivity index (χ0v) is 21.9. The molecule has 0 spiro atoms. The highest BCUT2D eigenvalue weighted by Gasteiger charge is 2.29. The first-order chi connectivity index (χ1) is 17.0. The molecule has 0 saturated heterocycles. The molecule has 13 heteroatoms. The first kappa shape index (κ1) is 24.4. The summed E-state index contributed by atoms with van der Waals surface area (Å²) < 4.78 is 45.8. The molecule has 3 aromatic heterocycles. The van der Waals surface area contributed by atoms with Crippen LogP contribution in [0, 0.1) is 6.92 Å². The Bertz CT molecular complexity index is 1560. The first-order valence-electron chi connectivity index (χ1n) is 11.2. The molecule has 0 aliphatic carbocycles. The number of fused-ring (bicyclic) bond motifs is 2. The number of sulfonamides is 1. The Labute approximate surface area is 212 Å². The average molecular weight is 531 g/mol. The van der Waals surface area contributed by atoms with Crippen LogP contribution in [0.1, 0.15) is 26.5 Å². The van der Waals surface area contributed by atoms with Crippen LogP contribution >= 0.6 is 11.8 Å². The van der Waals surface area contributed by atoms with Gasteiger partial charge in [0.05, 0.1) is 4.75 Å². The molecular weight excluding hydrogens is 504 g/mol. The van der Waals surface area contributed by atoms with E-state index in [-0.39, 0.29) is 25.7 Å². The number of hydrogen-bond donors (Lipinski definition) is 2. The van der Waals surface area contributed by atoms with Crippen molar-refractivity contribution in [3.63, 3.8) is 0 Å². The van der Waals surface area contributed by atoms with Gasteiger partial charge < -0.3 is 24.2 Å². The van der Waals surface area contributed by atoms with E-state index in [1.165, 1.54) is 18.1 Å². The minimum atomic E-state index is -3.52. The van der Waals surface area contributed by atoms with Gasteiger partial charge in [0.2, 0.25) is 16.8 Å². The maximum Gasteiger partial charge on any atom is 0.231 e. The van der Waals surface area contributed by atoms with Crippen LogP contribution in [-0.2, 0) is 16.6 Å². The van der Waals surface area contributed by atoms with E-state index in [9.17, 15) is 8.42 Å². The average Bonchev–Trinajstić information content (AvgIpc) is 3.52. The highest BCUT2D eigenvalue weighted by molar-refractivity contribution is 7.99. The summed E-state index contributed by atoms with van der Waals surface area (Å²) in [4.78, 5) is 13.9. The van der Waals surface area contributed by atoms with Crippen LogP contribution in [0.4, 0.5) is 5.82 Å². The maximum absolute atomic E-state index is 12.6. The lowest BCUT2D eigenvalue weighted by molar-refractivity contribution is 0.174. The predicted octanol–water partition coefficient (Wildman–Crippen LogP) is 3.57. The summed E-state index contributed by atoms with van der Waals surface area (Å²) in [6, 6.07) is 7.54. The molecule has 0 fully saturated rings. The zero-order valence-electron chi connectivity index (χ0n) is 20.2. The molecule has 5 rings (SSSR count). The normalized spacial score (nSPS) is 13.6. The number of hydrogen-bond acceptors (Lipinski definition) is 10. The summed E-state index contributed by atoms with van der Waals surface area (Å²) in [6.45, 7) is 7.39. The standard InChI is InChI=1S/C23H26N6O5S2/c1-13-5-6-15(34-13)14-9-16-17(33-12-32-16)10-18(14)35-22-28-19-20(24)25-11-26-21(19)29(22)8-7-27-36(30,31)23(2,3)4/h5-6,9-11,27H,7-8,12H2,1-4H3,(H2,24,25,26). The van der Waals surface area contributed by atoms with Crippen LogP contribution in [0.3, 0.4) is 0 Å². The zero-order chi connectivity index (χ0) is 25.7. The molecule has 0 saturated carbocycles. The number of nitrogens with zero attached hydrogens (tertiary/aromatic N) is 4. The first-order valence-corrected chi connectivity index (χ1v) is 13.5. The molecule has 0 bridgehead atoms. The third kappa shape index (κ3) is 4.49. The lowest BCUT2D eigenvalue weighted by atomic mass is 10.1. The van der Waals surface area contributed by atoms with E-state index in [0.29, 0.717) is 33.6 Å². The van der Waals surface area contributed by atoms with E-state index in [1.807, 2.05) is 35.8 Å². The van der Waals surface area contributed by atoms with Gasteiger partial charge in [0.25, 0.3) is 0 Å². The fourth-order valence-corrected chi connectivity index (χ4v) is 5.45. The summed E-state index contributed by atoms with van der Waals surface area (Å²) in [5.74, 6) is 2.93. The minimum Gasteiger partial charge on any atom is -0.461 e. The second-order valence-electron chi connectivity index (χ2n) is 9.20. The number of nitrogen functional groups attached to an aromatic ring is 1. The van der Waals surface area contributed by atoms with Crippen molar-refractivity contribution >= 4 is 38.8 Å². The van der Waals surface area contributed by atoms with E-state index in [1.54, 1.807) is 20.8 Å². The second kappa shape index (κ2) is 8.98. The van der Waals surface area contributed by atoms with E-state index in [2.05, 4.69) is 14.7 Å². The van der Waals surface area contributed by atoms with Crippen molar-refractivity contribution in [3.8, 4) is 22.8 Å². The molecule has 4 aromatic rings. The fourth-order valence-electron chi connectivity index (χ4n) is 3.60. The van der Waals surface area contributed by atoms with Gasteiger partial charge in [0.15, 0.2) is 33.6 Å². The van der Waals surface area contributed by atoms with Gasteiger partial charge in [0, 0.05) is 23.5 Å². The van der Waals surface area contributed by atoms with Crippen molar-refractivity contribution < 1.29 is 22.3 Å². The topological polar surface area (TPSA) is 147 Å². The molecule has 1 aromatic carbocycles. The molecule has 1 aliphatic rings. The van der Waals surface area contributed by atoms with Gasteiger partial charge in [-0.3, -0.25) is 0 Å². The second-order valence-corrected chi connectivity index (χ2v) is 12.7. The van der Waals surface area contributed by atoms with Gasteiger partial charge >= 0.3 is 0 Å². The van der Waals surface area contributed by atoms with Crippen molar-refractivity contribution in [2.24, 2.45) is 0 Å². The van der Waals surface area contributed by atoms with Gasteiger partial charge in [0.1, 0.15) is 17.8 Å². The molecule has 0 radical (unpaired) electrons. The molecular formula is C23H26N6O5S2. The summed E-state index contributed by atoms with van der Waals surface area (Å²) in [5, 5.41) is 0.565. The summed E-state index contributed by atoms with van der Waals surface area (Å²) >= 11 is 1.36. The van der Waals surface area contributed by atoms with Crippen LogP contribution in [0.2, 0.25) is 0 Å². The molecule has 0 amide bonds. The summed E-state index contributed by atoms with van der Waals surface area (Å²) in [7, 11) is -3.52. The predicted molar refractivity (Wildman–Crippen MR) is 136 cm³/mol. The Morgan fingerprint density at radius 1 is 1.17 bits per heavy atom. The maximum atomic E-state index is 12.6. The van der Waals surface area contributed by atoms with Gasteiger partial charge in [-0.2, -0.15) is 0 Å². The lowest BCUT2D eigenvalue weighted by Crippen LogP contribution is -2.40. The number of ether oxygens (including phenoxy) is 2. The minimum absolute atomic E-state index is 0.138. The Morgan fingerprint density at radius 3 is 2.61 bits per heavy atom. The lowest BCUT2D eigenvalue weighted by Gasteiger charge is -2.20. The third-order valence-corrected chi connectivity index (χ3v) is 8.89. The van der Waals surface area contributed by atoms with Crippen molar-refractivity contribution in [2.75, 3.05) is 19.1 Å². The monoisotopic (exact) mass is 530 g/mol. The number of imidazole rings is 1. The Hall–Kier alpha value is -3.29. The van der Waals surface area contributed by atoms with Crippen LogP contribution in [0.25, 0.3) is 22.5 Å². The molecule has 3 N–H and O–H groups in total. The fraction of sp³-hybridized carbons (Fsp3) is 0.348. The molecule has 0 atom stereocenters. The van der Waals surface area contributed by atoms with Crippen molar-refractivity contribution in [2.45, 2.75) is 49.0 Å². The highest BCUT2D eigenvalue weighted by Crippen LogP contribution is 2.45. The van der Waals surface area contributed by atoms with Crippen LogP contribution in [0.5, 0.6) is 11.5 Å². The number of nitrogens with one attached hydrogen (secondary N) is 1. The Morgan fingerprint density at radius 2 is 1.92 bits per heavy atom. The van der Waals surface area contributed by atoms with Crippen LogP contribution in [0.15, 0.2) is 45.1 Å². The van der Waals surface area contributed by atoms with Gasteiger partial charge in [-0.1, -0.05) is 11.8 Å². The van der Waals surface area contributed by atoms with Gasteiger partial charge in [-0.25, -0.2) is 28.1 Å². The number of anilines is 1. The number of furan rings is 1. The number of benzene rings is 1. The van der Waals surface area contributed by atoms with Gasteiger partial charge in [-0.05, 0) is 52.0 Å².